The molecule has 0 aromatic rings. The Morgan fingerprint density at radius 1 is 1.75 bits per heavy atom. The molecule has 0 radical (unpaired) electrons. The van der Waals surface area contributed by atoms with Gasteiger partial charge in [0.1, 0.15) is 5.78 Å². The van der Waals surface area contributed by atoms with Gasteiger partial charge in [0.25, 0.3) is 0 Å². The Labute approximate surface area is 49.5 Å². The Hall–Kier alpha value is -0.370. The van der Waals surface area contributed by atoms with Crippen LogP contribution in [-0.4, -0.2) is 17.5 Å². The molecule has 0 fully saturated rings. The fourth-order valence-corrected chi connectivity index (χ4v) is 0.397. The number of hydrogen-bond acceptors (Lipinski definition) is 2. The average Bonchev–Trinajstić information content (AvgIpc) is 1.67. The molecule has 0 saturated carbocycles. The van der Waals surface area contributed by atoms with Crippen LogP contribution in [0, 0.1) is 5.92 Å². The molecule has 0 bridgehead atoms. The van der Waals surface area contributed by atoms with Crippen LogP contribution < -0.4 is 0 Å². The van der Waals surface area contributed by atoms with Crippen molar-refractivity contribution in [1.29, 1.82) is 0 Å². The predicted octanol–water partition coefficient (Wildman–Crippen LogP) is 0.594. The molecule has 0 aromatic carbocycles. The summed E-state index contributed by atoms with van der Waals surface area (Å²) in [6, 6.07) is 0. The van der Waals surface area contributed by atoms with E-state index in [1.54, 1.807) is 6.92 Å². The lowest BCUT2D eigenvalue weighted by Crippen LogP contribution is -2.07. The van der Waals surface area contributed by atoms with Crippen LogP contribution in [0.1, 0.15) is 20.3 Å². The van der Waals surface area contributed by atoms with Gasteiger partial charge in [0.15, 0.2) is 0 Å². The third-order valence-corrected chi connectivity index (χ3v) is 1.26. The van der Waals surface area contributed by atoms with Crippen molar-refractivity contribution in [2.24, 2.45) is 5.92 Å². The molecular formula is C6H12O2. The van der Waals surface area contributed by atoms with Crippen molar-refractivity contribution >= 4 is 5.78 Å². The van der Waals surface area contributed by atoms with Gasteiger partial charge in [-0.05, 0) is 13.3 Å². The Balaban J connectivity index is 3.32. The first-order chi connectivity index (χ1) is 3.68. The number of aliphatic hydroxyl groups is 1. The molecule has 0 rings (SSSR count). The quantitative estimate of drug-likeness (QED) is 0.586. The maximum Gasteiger partial charge on any atom is 0.132 e. The van der Waals surface area contributed by atoms with Gasteiger partial charge < -0.3 is 5.11 Å². The second kappa shape index (κ2) is 3.61. The summed E-state index contributed by atoms with van der Waals surface area (Å²) in [7, 11) is 0. The lowest BCUT2D eigenvalue weighted by molar-refractivity contribution is -0.120. The van der Waals surface area contributed by atoms with Crippen LogP contribution in [0.25, 0.3) is 0 Å². The minimum Gasteiger partial charge on any atom is -0.396 e. The van der Waals surface area contributed by atoms with Gasteiger partial charge in [-0.1, -0.05) is 6.92 Å². The fourth-order valence-electron chi connectivity index (χ4n) is 0.397. The summed E-state index contributed by atoms with van der Waals surface area (Å²) in [5.41, 5.74) is 0. The Morgan fingerprint density at radius 2 is 2.25 bits per heavy atom. The second-order valence-electron chi connectivity index (χ2n) is 2.02. The third kappa shape index (κ3) is 2.75. The van der Waals surface area contributed by atoms with Crippen LogP contribution in [0.3, 0.4) is 0 Å². The van der Waals surface area contributed by atoms with Gasteiger partial charge in [-0.3, -0.25) is 4.79 Å². The SMILES string of the molecule is CC(=O)[C@@H](C)CCO. The summed E-state index contributed by atoms with van der Waals surface area (Å²) >= 11 is 0. The van der Waals surface area contributed by atoms with E-state index >= 15 is 0 Å². The van der Waals surface area contributed by atoms with Crippen molar-refractivity contribution in [1.82, 2.24) is 0 Å². The molecule has 0 saturated heterocycles. The van der Waals surface area contributed by atoms with Gasteiger partial charge in [-0.15, -0.1) is 0 Å². The lowest BCUT2D eigenvalue weighted by atomic mass is 10.1. The van der Waals surface area contributed by atoms with E-state index in [1.165, 1.54) is 0 Å². The van der Waals surface area contributed by atoms with Crippen molar-refractivity contribution in [2.75, 3.05) is 6.61 Å². The first-order valence-corrected chi connectivity index (χ1v) is 2.79. The molecule has 48 valence electrons. The maximum atomic E-state index is 10.4. The van der Waals surface area contributed by atoms with Gasteiger partial charge >= 0.3 is 0 Å². The molecule has 0 spiro atoms. The van der Waals surface area contributed by atoms with Crippen molar-refractivity contribution in [3.05, 3.63) is 0 Å². The molecule has 0 aliphatic rings. The van der Waals surface area contributed by atoms with Crippen molar-refractivity contribution < 1.29 is 9.90 Å². The summed E-state index contributed by atoms with van der Waals surface area (Å²) in [5.74, 6) is 0.180. The molecule has 2 nitrogen and oxygen atoms in total. The average molecular weight is 116 g/mol. The van der Waals surface area contributed by atoms with Crippen LogP contribution in [0.2, 0.25) is 0 Å². The van der Waals surface area contributed by atoms with Crippen LogP contribution in [0.15, 0.2) is 0 Å². The summed E-state index contributed by atoms with van der Waals surface area (Å²) < 4.78 is 0. The number of rotatable bonds is 3. The van der Waals surface area contributed by atoms with E-state index in [-0.39, 0.29) is 18.3 Å². The van der Waals surface area contributed by atoms with E-state index in [1.807, 2.05) is 6.92 Å². The van der Waals surface area contributed by atoms with E-state index < -0.39 is 0 Å². The van der Waals surface area contributed by atoms with Gasteiger partial charge in [-0.2, -0.15) is 0 Å². The molecule has 8 heavy (non-hydrogen) atoms. The van der Waals surface area contributed by atoms with Crippen LogP contribution in [0.5, 0.6) is 0 Å². The molecule has 0 heterocycles. The van der Waals surface area contributed by atoms with Gasteiger partial charge in [0.05, 0.1) is 0 Å². The van der Waals surface area contributed by atoms with E-state index in [2.05, 4.69) is 0 Å². The molecular weight excluding hydrogens is 104 g/mol. The Kier molecular flexibility index (Phi) is 3.44. The largest absolute Gasteiger partial charge is 0.396 e. The summed E-state index contributed by atoms with van der Waals surface area (Å²) in [6.45, 7) is 3.47. The zero-order valence-corrected chi connectivity index (χ0v) is 5.35. The topological polar surface area (TPSA) is 37.3 Å². The lowest BCUT2D eigenvalue weighted by Gasteiger charge is -2.01. The monoisotopic (exact) mass is 116 g/mol. The van der Waals surface area contributed by atoms with Gasteiger partial charge in [-0.25, -0.2) is 0 Å². The minimum absolute atomic E-state index is 0.0278. The third-order valence-electron chi connectivity index (χ3n) is 1.26. The number of Topliss-reactive ketones (excluding diaryl/α,β-unsaturated/α-hetero) is 1. The number of carbonyl (C=O) groups is 1. The number of carbonyl (C=O) groups excluding carboxylic acids is 1. The molecule has 2 heteroatoms. The highest BCUT2D eigenvalue weighted by Crippen LogP contribution is 2.00. The van der Waals surface area contributed by atoms with Crippen molar-refractivity contribution in [2.45, 2.75) is 20.3 Å². The highest BCUT2D eigenvalue weighted by molar-refractivity contribution is 5.77. The smallest absolute Gasteiger partial charge is 0.132 e. The summed E-state index contributed by atoms with van der Waals surface area (Å²) in [6.07, 6.45) is 0.593. The van der Waals surface area contributed by atoms with Crippen LogP contribution >= 0.6 is 0 Å². The molecule has 0 amide bonds. The molecule has 0 aliphatic carbocycles. The molecule has 0 aliphatic heterocycles. The molecule has 0 aromatic heterocycles. The van der Waals surface area contributed by atoms with Crippen LogP contribution in [0.4, 0.5) is 0 Å². The number of hydrogen-bond donors (Lipinski definition) is 1. The van der Waals surface area contributed by atoms with E-state index in [0.29, 0.717) is 6.42 Å². The van der Waals surface area contributed by atoms with Crippen LogP contribution in [-0.2, 0) is 4.79 Å². The highest BCUT2D eigenvalue weighted by Gasteiger charge is 2.04. The van der Waals surface area contributed by atoms with E-state index in [4.69, 9.17) is 5.11 Å². The summed E-state index contributed by atoms with van der Waals surface area (Å²) in [5, 5.41) is 8.33. The predicted molar refractivity (Wildman–Crippen MR) is 31.5 cm³/mol. The Morgan fingerprint density at radius 3 is 2.38 bits per heavy atom. The molecule has 1 atom stereocenters. The minimum atomic E-state index is 0.0278. The Bertz CT molecular complexity index is 78.6. The number of aliphatic hydroxyl groups excluding tert-OH is 1. The van der Waals surface area contributed by atoms with E-state index in [9.17, 15) is 4.79 Å². The van der Waals surface area contributed by atoms with Crippen molar-refractivity contribution in [3.8, 4) is 0 Å². The fraction of sp³-hybridized carbons (Fsp3) is 0.833. The summed E-state index contributed by atoms with van der Waals surface area (Å²) in [4.78, 5) is 10.4. The second-order valence-corrected chi connectivity index (χ2v) is 2.02. The molecule has 1 N–H and O–H groups in total. The zero-order valence-electron chi connectivity index (χ0n) is 5.35. The van der Waals surface area contributed by atoms with Gasteiger partial charge in [0.2, 0.25) is 0 Å². The maximum absolute atomic E-state index is 10.4. The van der Waals surface area contributed by atoms with Gasteiger partial charge in [0, 0.05) is 12.5 Å². The highest BCUT2D eigenvalue weighted by atomic mass is 16.3. The van der Waals surface area contributed by atoms with E-state index in [0.717, 1.165) is 0 Å². The first kappa shape index (κ1) is 7.63. The first-order valence-electron chi connectivity index (χ1n) is 2.79. The molecule has 0 unspecified atom stereocenters. The zero-order chi connectivity index (χ0) is 6.57. The van der Waals surface area contributed by atoms with Crippen molar-refractivity contribution in [3.63, 3.8) is 0 Å². The standard InChI is InChI=1S/C6H12O2/c1-5(3-4-7)6(2)8/h5,7H,3-4H2,1-2H3/t5-/m0/s1. The number of ketones is 1. The normalized spacial score (nSPS) is 13.4.